The summed E-state index contributed by atoms with van der Waals surface area (Å²) in [4.78, 5) is 43.6. The number of likely N-dealkylation sites (tertiary alicyclic amines) is 1. The van der Waals surface area contributed by atoms with Crippen LogP contribution in [-0.4, -0.2) is 49.7 Å². The van der Waals surface area contributed by atoms with Crippen molar-refractivity contribution >= 4 is 28.6 Å². The zero-order valence-corrected chi connectivity index (χ0v) is 23.9. The van der Waals surface area contributed by atoms with Crippen molar-refractivity contribution in [2.24, 2.45) is 11.8 Å². The Morgan fingerprint density at radius 2 is 1.80 bits per heavy atom. The van der Waals surface area contributed by atoms with Gasteiger partial charge >= 0.3 is 5.97 Å². The van der Waals surface area contributed by atoms with Crippen molar-refractivity contribution in [3.63, 3.8) is 0 Å². The van der Waals surface area contributed by atoms with Crippen molar-refractivity contribution < 1.29 is 14.3 Å². The molecular formula is C31H41N5O4. The van der Waals surface area contributed by atoms with Gasteiger partial charge in [0, 0.05) is 24.5 Å². The zero-order chi connectivity index (χ0) is 28.0. The van der Waals surface area contributed by atoms with Crippen LogP contribution in [0.25, 0.3) is 10.9 Å². The minimum absolute atomic E-state index is 0.0847. The van der Waals surface area contributed by atoms with Crippen molar-refractivity contribution in [2.75, 3.05) is 11.9 Å². The number of nitrogens with zero attached hydrogens (tertiary/aromatic N) is 3. The molecule has 40 heavy (non-hydrogen) atoms. The Balaban J connectivity index is 1.15. The van der Waals surface area contributed by atoms with Crippen LogP contribution in [0, 0.1) is 11.8 Å². The van der Waals surface area contributed by atoms with Crippen LogP contribution in [-0.2, 0) is 14.3 Å². The number of carbonyl (C=O) groups is 2. The van der Waals surface area contributed by atoms with Gasteiger partial charge in [0.15, 0.2) is 5.82 Å². The summed E-state index contributed by atoms with van der Waals surface area (Å²) in [5, 5.41) is 8.92. The van der Waals surface area contributed by atoms with Crippen LogP contribution in [0.5, 0.6) is 0 Å². The third kappa shape index (κ3) is 5.22. The number of ether oxygens (including phenoxy) is 1. The molecular weight excluding hydrogens is 506 g/mol. The number of aromatic amines is 1. The molecule has 3 fully saturated rings. The van der Waals surface area contributed by atoms with Gasteiger partial charge in [-0.15, -0.1) is 0 Å². The zero-order valence-electron chi connectivity index (χ0n) is 23.9. The Morgan fingerprint density at radius 3 is 2.52 bits per heavy atom. The van der Waals surface area contributed by atoms with E-state index in [-0.39, 0.29) is 35.3 Å². The second kappa shape index (κ2) is 10.6. The number of allylic oxidation sites excluding steroid dienone is 2. The van der Waals surface area contributed by atoms with Crippen LogP contribution in [0.4, 0.5) is 5.82 Å². The Bertz CT molecular complexity index is 1410. The van der Waals surface area contributed by atoms with E-state index in [1.165, 1.54) is 19.3 Å². The van der Waals surface area contributed by atoms with Crippen LogP contribution < -0.4 is 10.9 Å². The minimum Gasteiger partial charge on any atom is -0.460 e. The lowest BCUT2D eigenvalue weighted by atomic mass is 9.85. The van der Waals surface area contributed by atoms with Gasteiger partial charge in [0.1, 0.15) is 11.0 Å². The molecule has 214 valence electrons. The summed E-state index contributed by atoms with van der Waals surface area (Å²) in [6, 6.07) is 2.41. The summed E-state index contributed by atoms with van der Waals surface area (Å²) in [6.45, 7) is 6.31. The monoisotopic (exact) mass is 547 g/mol. The second-order valence-corrected chi connectivity index (χ2v) is 12.9. The van der Waals surface area contributed by atoms with E-state index in [0.29, 0.717) is 30.2 Å². The number of anilines is 1. The Hall–Kier alpha value is -3.36. The minimum atomic E-state index is -0.479. The van der Waals surface area contributed by atoms with Gasteiger partial charge < -0.3 is 19.9 Å². The molecule has 0 radical (unpaired) electrons. The largest absolute Gasteiger partial charge is 0.460 e. The van der Waals surface area contributed by atoms with Crippen LogP contribution in [0.15, 0.2) is 40.5 Å². The Kier molecular flexibility index (Phi) is 7.09. The van der Waals surface area contributed by atoms with Gasteiger partial charge in [-0.2, -0.15) is 5.10 Å². The van der Waals surface area contributed by atoms with E-state index in [1.54, 1.807) is 6.20 Å². The van der Waals surface area contributed by atoms with Gasteiger partial charge in [-0.25, -0.2) is 0 Å². The normalized spacial score (nSPS) is 25.9. The molecule has 0 spiro atoms. The van der Waals surface area contributed by atoms with Gasteiger partial charge in [-0.05, 0) is 83.4 Å². The first-order valence-corrected chi connectivity index (χ1v) is 15.0. The molecule has 1 unspecified atom stereocenters. The molecule has 2 aromatic heterocycles. The molecule has 0 bridgehead atoms. The molecule has 1 amide bonds. The van der Waals surface area contributed by atoms with Crippen LogP contribution in [0.3, 0.4) is 0 Å². The van der Waals surface area contributed by atoms with Gasteiger partial charge in [-0.3, -0.25) is 19.1 Å². The van der Waals surface area contributed by atoms with E-state index < -0.39 is 5.60 Å². The maximum atomic E-state index is 13.4. The summed E-state index contributed by atoms with van der Waals surface area (Å²) < 4.78 is 7.64. The highest BCUT2D eigenvalue weighted by Crippen LogP contribution is 2.39. The number of amides is 1. The average molecular weight is 548 g/mol. The lowest BCUT2D eigenvalue weighted by Gasteiger charge is -2.34. The van der Waals surface area contributed by atoms with Crippen molar-refractivity contribution in [2.45, 2.75) is 103 Å². The fraction of sp³-hybridized carbons (Fsp3) is 0.613. The summed E-state index contributed by atoms with van der Waals surface area (Å²) in [6.07, 6.45) is 15.4. The lowest BCUT2D eigenvalue weighted by molar-refractivity contribution is -0.161. The van der Waals surface area contributed by atoms with E-state index in [0.717, 1.165) is 55.3 Å². The number of aromatic nitrogens is 3. The fourth-order valence-electron chi connectivity index (χ4n) is 6.98. The SMILES string of the molecule is CC(C)(C)OC(=O)C1CCC(N2CC3=CC(Nc4nn(C5CCCCC5)c5cc[nH]c(=O)c45)=CCC3C2=O)CC1. The quantitative estimate of drug-likeness (QED) is 0.497. The average Bonchev–Trinajstić information content (AvgIpc) is 3.46. The molecule has 9 heteroatoms. The van der Waals surface area contributed by atoms with Crippen molar-refractivity contribution in [3.8, 4) is 0 Å². The summed E-state index contributed by atoms with van der Waals surface area (Å²) >= 11 is 0. The molecule has 1 aliphatic heterocycles. The predicted octanol–water partition coefficient (Wildman–Crippen LogP) is 5.21. The summed E-state index contributed by atoms with van der Waals surface area (Å²) in [5.74, 6) is 0.427. The summed E-state index contributed by atoms with van der Waals surface area (Å²) in [7, 11) is 0. The first kappa shape index (κ1) is 26.8. The van der Waals surface area contributed by atoms with Gasteiger partial charge in [-0.1, -0.05) is 25.3 Å². The Labute approximate surface area is 235 Å². The topological polar surface area (TPSA) is 109 Å². The van der Waals surface area contributed by atoms with E-state index in [9.17, 15) is 14.4 Å². The highest BCUT2D eigenvalue weighted by atomic mass is 16.6. The van der Waals surface area contributed by atoms with Crippen molar-refractivity contribution in [1.29, 1.82) is 0 Å². The standard InChI is InChI=1S/C31H41N5O4/c1-31(2,3)40-30(39)19-9-12-22(13-10-19)35-18-20-17-21(11-14-24(20)29(35)38)33-27-26-25(15-16-32-28(26)37)36(34-27)23-7-5-4-6-8-23/h11,15-17,19,22-24H,4-10,12-14,18H2,1-3H3,(H,32,37)(H,33,34). The molecule has 1 saturated heterocycles. The van der Waals surface area contributed by atoms with Crippen LogP contribution in [0.2, 0.25) is 0 Å². The van der Waals surface area contributed by atoms with Gasteiger partial charge in [0.2, 0.25) is 5.91 Å². The number of hydrogen-bond acceptors (Lipinski definition) is 6. The maximum Gasteiger partial charge on any atom is 0.309 e. The van der Waals surface area contributed by atoms with E-state index in [2.05, 4.69) is 22.5 Å². The molecule has 1 atom stereocenters. The first-order chi connectivity index (χ1) is 19.2. The highest BCUT2D eigenvalue weighted by Gasteiger charge is 2.42. The molecule has 2 aromatic rings. The number of carbonyl (C=O) groups excluding carboxylic acids is 2. The van der Waals surface area contributed by atoms with Gasteiger partial charge in [0.25, 0.3) is 5.56 Å². The second-order valence-electron chi connectivity index (χ2n) is 12.9. The smallest absolute Gasteiger partial charge is 0.309 e. The molecule has 6 rings (SSSR count). The fourth-order valence-corrected chi connectivity index (χ4v) is 6.98. The molecule has 2 N–H and O–H groups in total. The number of hydrogen-bond donors (Lipinski definition) is 2. The third-order valence-corrected chi connectivity index (χ3v) is 8.99. The number of H-pyrrole nitrogens is 1. The third-order valence-electron chi connectivity index (χ3n) is 8.99. The number of nitrogens with one attached hydrogen (secondary N) is 2. The summed E-state index contributed by atoms with van der Waals surface area (Å²) in [5.41, 5.74) is 2.23. The Morgan fingerprint density at radius 1 is 1.05 bits per heavy atom. The highest BCUT2D eigenvalue weighted by molar-refractivity contribution is 5.91. The molecule has 4 aliphatic rings. The van der Waals surface area contributed by atoms with Crippen molar-refractivity contribution in [1.82, 2.24) is 19.7 Å². The molecule has 9 nitrogen and oxygen atoms in total. The van der Waals surface area contributed by atoms with E-state index >= 15 is 0 Å². The number of rotatable bonds is 5. The van der Waals surface area contributed by atoms with Crippen LogP contribution in [0.1, 0.15) is 91.0 Å². The van der Waals surface area contributed by atoms with Crippen LogP contribution >= 0.6 is 0 Å². The maximum absolute atomic E-state index is 13.4. The van der Waals surface area contributed by atoms with E-state index in [1.807, 2.05) is 36.4 Å². The molecule has 2 saturated carbocycles. The predicted molar refractivity (Wildman–Crippen MR) is 154 cm³/mol. The number of esters is 1. The van der Waals surface area contributed by atoms with Crippen molar-refractivity contribution in [3.05, 3.63) is 46.0 Å². The van der Waals surface area contributed by atoms with Gasteiger partial charge in [0.05, 0.1) is 23.4 Å². The lowest BCUT2D eigenvalue weighted by Crippen LogP contribution is -2.41. The number of pyridine rings is 1. The molecule has 3 aliphatic carbocycles. The van der Waals surface area contributed by atoms with E-state index in [4.69, 9.17) is 9.84 Å². The first-order valence-electron chi connectivity index (χ1n) is 15.0. The molecule has 0 aromatic carbocycles. The number of fused-ring (bicyclic) bond motifs is 2. The molecule has 3 heterocycles.